The molecule has 1 aromatic rings. The number of nitrogens with one attached hydrogen (secondary N) is 1. The summed E-state index contributed by atoms with van der Waals surface area (Å²) in [6.45, 7) is 3.08. The first-order valence-electron chi connectivity index (χ1n) is 6.55. The van der Waals surface area contributed by atoms with Crippen molar-refractivity contribution in [3.05, 3.63) is 10.7 Å². The van der Waals surface area contributed by atoms with Gasteiger partial charge in [0.25, 0.3) is 0 Å². The number of piperidine rings is 1. The van der Waals surface area contributed by atoms with Crippen molar-refractivity contribution < 1.29 is 4.79 Å². The van der Waals surface area contributed by atoms with Crippen LogP contribution >= 0.6 is 23.1 Å². The predicted octanol–water partition coefficient (Wildman–Crippen LogP) is 1.66. The second-order valence-corrected chi connectivity index (χ2v) is 6.04. The van der Waals surface area contributed by atoms with E-state index in [9.17, 15) is 4.79 Å². The number of rotatable bonds is 2. The lowest BCUT2D eigenvalue weighted by atomic mass is 10.0. The minimum Gasteiger partial charge on any atom is -0.359 e. The van der Waals surface area contributed by atoms with Crippen LogP contribution in [0, 0.1) is 11.3 Å². The van der Waals surface area contributed by atoms with Crippen LogP contribution in [0.25, 0.3) is 0 Å². The Morgan fingerprint density at radius 2 is 2.35 bits per heavy atom. The molecular weight excluding hydrogens is 298 g/mol. The number of nitriles is 1. The lowest BCUT2D eigenvalue weighted by Gasteiger charge is -2.37. The van der Waals surface area contributed by atoms with E-state index in [1.54, 1.807) is 0 Å². The Bertz CT molecular complexity index is 569. The normalized spacial score (nSPS) is 22.8. The van der Waals surface area contributed by atoms with Crippen molar-refractivity contribution in [3.63, 3.8) is 0 Å². The smallest absolute Gasteiger partial charge is 0.317 e. The van der Waals surface area contributed by atoms with E-state index in [0.29, 0.717) is 12.1 Å². The van der Waals surface area contributed by atoms with E-state index in [2.05, 4.69) is 20.7 Å². The van der Waals surface area contributed by atoms with E-state index in [0.717, 1.165) is 37.5 Å². The quantitative estimate of drug-likeness (QED) is 0.901. The summed E-state index contributed by atoms with van der Waals surface area (Å²) in [6, 6.07) is 2.32. The summed E-state index contributed by atoms with van der Waals surface area (Å²) in [7, 11) is 0. The third-order valence-corrected chi connectivity index (χ3v) is 5.04. The molecule has 2 fully saturated rings. The van der Waals surface area contributed by atoms with Gasteiger partial charge in [-0.25, -0.2) is 4.79 Å². The van der Waals surface area contributed by atoms with Gasteiger partial charge in [-0.15, -0.1) is 0 Å². The van der Waals surface area contributed by atoms with Crippen LogP contribution in [-0.2, 0) is 0 Å². The van der Waals surface area contributed by atoms with Gasteiger partial charge in [0, 0.05) is 26.2 Å². The third kappa shape index (κ3) is 2.30. The molecule has 1 unspecified atom stereocenters. The number of hydrogen-bond donors (Lipinski definition) is 1. The average molecular weight is 312 g/mol. The molecule has 2 saturated heterocycles. The van der Waals surface area contributed by atoms with Crippen molar-refractivity contribution in [2.24, 2.45) is 0 Å². The Labute approximate surface area is 126 Å². The van der Waals surface area contributed by atoms with E-state index >= 15 is 0 Å². The summed E-state index contributed by atoms with van der Waals surface area (Å²) in [5.41, 5.74) is 0.447. The molecule has 2 amide bonds. The molecule has 0 spiro atoms. The first kappa shape index (κ1) is 13.5. The summed E-state index contributed by atoms with van der Waals surface area (Å²) < 4.78 is 4.05. The Kier molecular flexibility index (Phi) is 3.68. The van der Waals surface area contributed by atoms with Crippen LogP contribution < -0.4 is 10.2 Å². The Hall–Kier alpha value is -1.52. The SMILES string of the molecule is N#Cc1c(Cl)nsc1N1CCCC(N2CCNC2=O)C1. The van der Waals surface area contributed by atoms with Crippen LogP contribution in [0.2, 0.25) is 5.15 Å². The highest BCUT2D eigenvalue weighted by Gasteiger charge is 2.32. The molecule has 2 aliphatic rings. The topological polar surface area (TPSA) is 72.3 Å². The second kappa shape index (κ2) is 5.46. The molecule has 6 nitrogen and oxygen atoms in total. The van der Waals surface area contributed by atoms with E-state index in [1.807, 2.05) is 4.90 Å². The first-order chi connectivity index (χ1) is 9.70. The van der Waals surface area contributed by atoms with Crippen molar-refractivity contribution in [2.45, 2.75) is 18.9 Å². The largest absolute Gasteiger partial charge is 0.359 e. The van der Waals surface area contributed by atoms with Crippen molar-refractivity contribution >= 4 is 34.2 Å². The summed E-state index contributed by atoms with van der Waals surface area (Å²) in [6.07, 6.45) is 1.99. The molecule has 3 heterocycles. The van der Waals surface area contributed by atoms with E-state index in [-0.39, 0.29) is 17.2 Å². The number of halogens is 1. The minimum atomic E-state index is 0.0136. The standard InChI is InChI=1S/C12H14ClN5OS/c13-10-9(6-14)11(20-16-10)17-4-1-2-8(7-17)18-5-3-15-12(18)19/h8H,1-5,7H2,(H,15,19). The van der Waals surface area contributed by atoms with Crippen LogP contribution in [0.3, 0.4) is 0 Å². The van der Waals surface area contributed by atoms with Crippen LogP contribution in [0.15, 0.2) is 0 Å². The van der Waals surface area contributed by atoms with Gasteiger partial charge in [0.15, 0.2) is 5.15 Å². The Balaban J connectivity index is 1.78. The number of nitrogens with zero attached hydrogens (tertiary/aromatic N) is 4. The fourth-order valence-corrected chi connectivity index (χ4v) is 3.87. The molecule has 1 atom stereocenters. The highest BCUT2D eigenvalue weighted by atomic mass is 35.5. The van der Waals surface area contributed by atoms with Crippen LogP contribution in [0.5, 0.6) is 0 Å². The summed E-state index contributed by atoms with van der Waals surface area (Å²) in [5, 5.41) is 13.1. The van der Waals surface area contributed by atoms with Gasteiger partial charge in [-0.05, 0) is 24.4 Å². The van der Waals surface area contributed by atoms with Crippen LogP contribution in [0.1, 0.15) is 18.4 Å². The highest BCUT2D eigenvalue weighted by molar-refractivity contribution is 7.10. The van der Waals surface area contributed by atoms with Gasteiger partial charge in [0.1, 0.15) is 16.6 Å². The maximum Gasteiger partial charge on any atom is 0.317 e. The van der Waals surface area contributed by atoms with Gasteiger partial charge in [-0.1, -0.05) is 11.6 Å². The van der Waals surface area contributed by atoms with Crippen molar-refractivity contribution in [2.75, 3.05) is 31.1 Å². The van der Waals surface area contributed by atoms with Gasteiger partial charge in [-0.2, -0.15) is 9.64 Å². The first-order valence-corrected chi connectivity index (χ1v) is 7.70. The number of carbonyl (C=O) groups excluding carboxylic acids is 1. The molecule has 0 radical (unpaired) electrons. The molecule has 20 heavy (non-hydrogen) atoms. The lowest BCUT2D eigenvalue weighted by molar-refractivity contribution is 0.189. The van der Waals surface area contributed by atoms with Gasteiger partial charge in [-0.3, -0.25) is 0 Å². The zero-order valence-electron chi connectivity index (χ0n) is 10.8. The lowest BCUT2D eigenvalue weighted by Crippen LogP contribution is -2.49. The molecule has 8 heteroatoms. The van der Waals surface area contributed by atoms with Gasteiger partial charge in [0.05, 0.1) is 6.04 Å². The molecule has 0 aromatic carbocycles. The second-order valence-electron chi connectivity index (χ2n) is 4.93. The van der Waals surface area contributed by atoms with Crippen molar-refractivity contribution in [1.82, 2.24) is 14.6 Å². The number of anilines is 1. The zero-order valence-corrected chi connectivity index (χ0v) is 12.4. The van der Waals surface area contributed by atoms with Crippen molar-refractivity contribution in [1.29, 1.82) is 5.26 Å². The maximum absolute atomic E-state index is 11.8. The summed E-state index contributed by atoms with van der Waals surface area (Å²) >= 11 is 7.18. The van der Waals surface area contributed by atoms with Crippen LogP contribution in [-0.4, -0.2) is 47.5 Å². The summed E-state index contributed by atoms with van der Waals surface area (Å²) in [5.74, 6) is 0. The van der Waals surface area contributed by atoms with Crippen LogP contribution in [0.4, 0.5) is 9.80 Å². The molecule has 2 aliphatic heterocycles. The number of urea groups is 1. The molecule has 106 valence electrons. The van der Waals surface area contributed by atoms with E-state index in [1.165, 1.54) is 11.5 Å². The molecule has 0 aliphatic carbocycles. The molecule has 1 aromatic heterocycles. The molecule has 0 bridgehead atoms. The van der Waals surface area contributed by atoms with E-state index in [4.69, 9.17) is 16.9 Å². The van der Waals surface area contributed by atoms with Gasteiger partial charge < -0.3 is 15.1 Å². The Morgan fingerprint density at radius 1 is 1.50 bits per heavy atom. The number of amides is 2. The number of carbonyl (C=O) groups is 1. The molecule has 1 N–H and O–H groups in total. The fraction of sp³-hybridized carbons (Fsp3) is 0.583. The van der Waals surface area contributed by atoms with E-state index < -0.39 is 0 Å². The average Bonchev–Trinajstić information content (AvgIpc) is 3.04. The molecular formula is C12H14ClN5OS. The zero-order chi connectivity index (χ0) is 14.1. The van der Waals surface area contributed by atoms with Crippen molar-refractivity contribution in [3.8, 4) is 6.07 Å². The van der Waals surface area contributed by atoms with Gasteiger partial charge in [0.2, 0.25) is 0 Å². The summed E-state index contributed by atoms with van der Waals surface area (Å²) in [4.78, 5) is 15.8. The maximum atomic E-state index is 11.8. The van der Waals surface area contributed by atoms with Gasteiger partial charge >= 0.3 is 6.03 Å². The predicted molar refractivity (Wildman–Crippen MR) is 77.2 cm³/mol. The monoisotopic (exact) mass is 311 g/mol. The fourth-order valence-electron chi connectivity index (χ4n) is 2.80. The number of aromatic nitrogens is 1. The molecule has 0 saturated carbocycles. The highest BCUT2D eigenvalue weighted by Crippen LogP contribution is 2.33. The number of hydrogen-bond acceptors (Lipinski definition) is 5. The molecule has 3 rings (SSSR count). The minimum absolute atomic E-state index is 0.0136. The third-order valence-electron chi connectivity index (χ3n) is 3.76. The Morgan fingerprint density at radius 3 is 3.05 bits per heavy atom.